The number of rotatable bonds is 5. The van der Waals surface area contributed by atoms with Crippen LogP contribution in [-0.4, -0.2) is 34.9 Å². The maximum absolute atomic E-state index is 12.1. The zero-order chi connectivity index (χ0) is 15.9. The molecule has 1 aromatic carbocycles. The second-order valence-corrected chi connectivity index (χ2v) is 6.14. The first-order chi connectivity index (χ1) is 11.3. The van der Waals surface area contributed by atoms with Gasteiger partial charge in [-0.1, -0.05) is 36.4 Å². The molecule has 1 saturated heterocycles. The Balaban J connectivity index is 1.41. The fraction of sp³-hybridized carbons (Fsp3) is 0.368. The third-order valence-corrected chi connectivity index (χ3v) is 4.29. The van der Waals surface area contributed by atoms with Crippen LogP contribution in [0.15, 0.2) is 54.9 Å². The number of amides is 1. The summed E-state index contributed by atoms with van der Waals surface area (Å²) in [6.45, 7) is 3.07. The normalized spacial score (nSPS) is 16.2. The monoisotopic (exact) mass is 309 g/mol. The standard InChI is InChI=1S/C19H23N3O/c23-19(13-17-7-4-10-20-14-17)21-18-8-11-22(12-9-18)15-16-5-2-1-3-6-16/h1-7,10,14,18H,8-9,11-13,15H2,(H,21,23). The van der Waals surface area contributed by atoms with Crippen molar-refractivity contribution in [1.82, 2.24) is 15.2 Å². The van der Waals surface area contributed by atoms with Gasteiger partial charge in [0.1, 0.15) is 0 Å². The molecule has 4 nitrogen and oxygen atoms in total. The molecule has 2 heterocycles. The summed E-state index contributed by atoms with van der Waals surface area (Å²) in [6, 6.07) is 14.7. The van der Waals surface area contributed by atoms with Gasteiger partial charge in [-0.25, -0.2) is 0 Å². The van der Waals surface area contributed by atoms with E-state index in [1.54, 1.807) is 12.4 Å². The Morgan fingerprint density at radius 1 is 1.09 bits per heavy atom. The van der Waals surface area contributed by atoms with Gasteiger partial charge < -0.3 is 5.32 Å². The summed E-state index contributed by atoms with van der Waals surface area (Å²) in [6.07, 6.45) is 5.93. The van der Waals surface area contributed by atoms with Crippen molar-refractivity contribution in [2.75, 3.05) is 13.1 Å². The van der Waals surface area contributed by atoms with Gasteiger partial charge in [-0.05, 0) is 30.0 Å². The second kappa shape index (κ2) is 7.88. The van der Waals surface area contributed by atoms with E-state index in [0.717, 1.165) is 38.0 Å². The van der Waals surface area contributed by atoms with Crippen molar-refractivity contribution in [2.24, 2.45) is 0 Å². The number of piperidine rings is 1. The van der Waals surface area contributed by atoms with Gasteiger partial charge in [-0.15, -0.1) is 0 Å². The number of carbonyl (C=O) groups is 1. The van der Waals surface area contributed by atoms with Gasteiger partial charge in [0.15, 0.2) is 0 Å². The largest absolute Gasteiger partial charge is 0.353 e. The van der Waals surface area contributed by atoms with Gasteiger partial charge in [0.25, 0.3) is 0 Å². The van der Waals surface area contributed by atoms with Crippen molar-refractivity contribution in [3.05, 3.63) is 66.0 Å². The van der Waals surface area contributed by atoms with E-state index in [1.165, 1.54) is 5.56 Å². The van der Waals surface area contributed by atoms with Crippen molar-refractivity contribution >= 4 is 5.91 Å². The van der Waals surface area contributed by atoms with Crippen molar-refractivity contribution < 1.29 is 4.79 Å². The molecule has 1 N–H and O–H groups in total. The van der Waals surface area contributed by atoms with Crippen LogP contribution in [0.3, 0.4) is 0 Å². The molecule has 120 valence electrons. The van der Waals surface area contributed by atoms with Gasteiger partial charge in [0, 0.05) is 38.1 Å². The van der Waals surface area contributed by atoms with E-state index >= 15 is 0 Å². The highest BCUT2D eigenvalue weighted by atomic mass is 16.1. The maximum Gasteiger partial charge on any atom is 0.224 e. The summed E-state index contributed by atoms with van der Waals surface area (Å²) in [5.41, 5.74) is 2.32. The lowest BCUT2D eigenvalue weighted by molar-refractivity contribution is -0.121. The van der Waals surface area contributed by atoms with Crippen molar-refractivity contribution in [3.63, 3.8) is 0 Å². The lowest BCUT2D eigenvalue weighted by Gasteiger charge is -2.32. The molecule has 1 amide bonds. The average molecular weight is 309 g/mol. The summed E-state index contributed by atoms with van der Waals surface area (Å²) < 4.78 is 0. The molecule has 0 radical (unpaired) electrons. The van der Waals surface area contributed by atoms with Crippen LogP contribution in [0.1, 0.15) is 24.0 Å². The highest BCUT2D eigenvalue weighted by molar-refractivity contribution is 5.78. The van der Waals surface area contributed by atoms with Crippen LogP contribution in [-0.2, 0) is 17.8 Å². The van der Waals surface area contributed by atoms with E-state index < -0.39 is 0 Å². The molecule has 1 aliphatic rings. The molecule has 0 aliphatic carbocycles. The lowest BCUT2D eigenvalue weighted by atomic mass is 10.0. The Hall–Kier alpha value is -2.20. The molecular formula is C19H23N3O. The molecule has 2 aromatic rings. The van der Waals surface area contributed by atoms with E-state index in [4.69, 9.17) is 0 Å². The summed E-state index contributed by atoms with van der Waals surface area (Å²) in [4.78, 5) is 18.6. The summed E-state index contributed by atoms with van der Waals surface area (Å²) >= 11 is 0. The SMILES string of the molecule is O=C(Cc1cccnc1)NC1CCN(Cc2ccccc2)CC1. The van der Waals surface area contributed by atoms with Crippen LogP contribution < -0.4 is 5.32 Å². The Morgan fingerprint density at radius 2 is 1.83 bits per heavy atom. The van der Waals surface area contributed by atoms with Crippen LogP contribution in [0.5, 0.6) is 0 Å². The van der Waals surface area contributed by atoms with Crippen LogP contribution in [0.2, 0.25) is 0 Å². The Labute approximate surface area is 137 Å². The maximum atomic E-state index is 12.1. The van der Waals surface area contributed by atoms with Gasteiger partial charge >= 0.3 is 0 Å². The first-order valence-corrected chi connectivity index (χ1v) is 8.24. The van der Waals surface area contributed by atoms with Crippen LogP contribution >= 0.6 is 0 Å². The molecule has 1 aromatic heterocycles. The number of aromatic nitrogens is 1. The third kappa shape index (κ3) is 4.89. The van der Waals surface area contributed by atoms with Crippen LogP contribution in [0.25, 0.3) is 0 Å². The molecule has 0 bridgehead atoms. The number of benzene rings is 1. The van der Waals surface area contributed by atoms with Gasteiger partial charge in [-0.2, -0.15) is 0 Å². The first kappa shape index (κ1) is 15.7. The number of hydrogen-bond acceptors (Lipinski definition) is 3. The molecule has 0 spiro atoms. The minimum absolute atomic E-state index is 0.0968. The van der Waals surface area contributed by atoms with E-state index in [9.17, 15) is 4.79 Å². The average Bonchev–Trinajstić information content (AvgIpc) is 2.58. The molecule has 3 rings (SSSR count). The molecular weight excluding hydrogens is 286 g/mol. The zero-order valence-corrected chi connectivity index (χ0v) is 13.3. The fourth-order valence-corrected chi connectivity index (χ4v) is 3.04. The topological polar surface area (TPSA) is 45.2 Å². The molecule has 0 unspecified atom stereocenters. The van der Waals surface area contributed by atoms with E-state index in [-0.39, 0.29) is 5.91 Å². The molecule has 1 fully saturated rings. The molecule has 23 heavy (non-hydrogen) atoms. The van der Waals surface area contributed by atoms with Crippen molar-refractivity contribution in [3.8, 4) is 0 Å². The number of likely N-dealkylation sites (tertiary alicyclic amines) is 1. The first-order valence-electron chi connectivity index (χ1n) is 8.24. The quantitative estimate of drug-likeness (QED) is 0.922. The number of nitrogens with one attached hydrogen (secondary N) is 1. The van der Waals surface area contributed by atoms with E-state index in [0.29, 0.717) is 12.5 Å². The van der Waals surface area contributed by atoms with Gasteiger partial charge in [-0.3, -0.25) is 14.7 Å². The summed E-state index contributed by atoms with van der Waals surface area (Å²) in [7, 11) is 0. The summed E-state index contributed by atoms with van der Waals surface area (Å²) in [5, 5.41) is 3.16. The minimum atomic E-state index is 0.0968. The number of carbonyl (C=O) groups excluding carboxylic acids is 1. The highest BCUT2D eigenvalue weighted by Crippen LogP contribution is 2.14. The van der Waals surface area contributed by atoms with Crippen LogP contribution in [0.4, 0.5) is 0 Å². The minimum Gasteiger partial charge on any atom is -0.353 e. The predicted octanol–water partition coefficient (Wildman–Crippen LogP) is 2.40. The fourth-order valence-electron chi connectivity index (χ4n) is 3.04. The van der Waals surface area contributed by atoms with Crippen molar-refractivity contribution in [2.45, 2.75) is 31.8 Å². The second-order valence-electron chi connectivity index (χ2n) is 6.14. The Morgan fingerprint density at radius 3 is 2.52 bits per heavy atom. The van der Waals surface area contributed by atoms with Gasteiger partial charge in [0.2, 0.25) is 5.91 Å². The highest BCUT2D eigenvalue weighted by Gasteiger charge is 2.20. The lowest BCUT2D eigenvalue weighted by Crippen LogP contribution is -2.44. The van der Waals surface area contributed by atoms with Crippen molar-refractivity contribution in [1.29, 1.82) is 0 Å². The molecule has 4 heteroatoms. The molecule has 0 saturated carbocycles. The van der Waals surface area contributed by atoms with Crippen LogP contribution in [0, 0.1) is 0 Å². The van der Waals surface area contributed by atoms with E-state index in [1.807, 2.05) is 18.2 Å². The zero-order valence-electron chi connectivity index (χ0n) is 13.3. The van der Waals surface area contributed by atoms with E-state index in [2.05, 4.69) is 39.5 Å². The molecule has 0 atom stereocenters. The number of pyridine rings is 1. The predicted molar refractivity (Wildman–Crippen MR) is 90.8 cm³/mol. The van der Waals surface area contributed by atoms with Gasteiger partial charge in [0.05, 0.1) is 6.42 Å². The Kier molecular flexibility index (Phi) is 5.37. The number of nitrogens with zero attached hydrogens (tertiary/aromatic N) is 2. The number of hydrogen-bond donors (Lipinski definition) is 1. The smallest absolute Gasteiger partial charge is 0.224 e. The Bertz CT molecular complexity index is 607. The third-order valence-electron chi connectivity index (χ3n) is 4.29. The summed E-state index contributed by atoms with van der Waals surface area (Å²) in [5.74, 6) is 0.0968. The molecule has 1 aliphatic heterocycles.